The van der Waals surface area contributed by atoms with Gasteiger partial charge in [0.25, 0.3) is 0 Å². The smallest absolute Gasteiger partial charge is 0.153 e. The molecule has 1 fully saturated rings. The molecule has 0 spiro atoms. The van der Waals surface area contributed by atoms with Crippen LogP contribution in [0.5, 0.6) is 0 Å². The second-order valence-electron chi connectivity index (χ2n) is 5.39. The molecule has 0 amide bonds. The number of aliphatic imine (C=N–C) groups is 1. The van der Waals surface area contributed by atoms with E-state index in [1.54, 1.807) is 13.1 Å². The van der Waals surface area contributed by atoms with Crippen LogP contribution in [0.25, 0.3) is 0 Å². The lowest BCUT2D eigenvalue weighted by molar-refractivity contribution is -0.120. The van der Waals surface area contributed by atoms with Crippen molar-refractivity contribution in [3.8, 4) is 0 Å². The highest BCUT2D eigenvalue weighted by Crippen LogP contribution is 2.34. The van der Waals surface area contributed by atoms with E-state index in [4.69, 9.17) is 0 Å². The maximum Gasteiger partial charge on any atom is 0.153 e. The van der Waals surface area contributed by atoms with E-state index in [1.807, 2.05) is 0 Å². The Kier molecular flexibility index (Phi) is 4.53. The standard InChI is InChI=1S/C18H23NO/c1-5-12-8-13(6-2)10-15(9-12)17-16(19-4)11-14(7-3)18(17)20/h7-10,14,17H,3,5-6,11H2,1-2,4H3. The molecule has 0 aliphatic heterocycles. The van der Waals surface area contributed by atoms with Crippen LogP contribution in [0.15, 0.2) is 35.8 Å². The topological polar surface area (TPSA) is 29.4 Å². The molecule has 2 unspecified atom stereocenters. The van der Waals surface area contributed by atoms with Gasteiger partial charge >= 0.3 is 0 Å². The Morgan fingerprint density at radius 1 is 1.25 bits per heavy atom. The highest BCUT2D eigenvalue weighted by atomic mass is 16.1. The Bertz CT molecular complexity index is 534. The lowest BCUT2D eigenvalue weighted by Gasteiger charge is -2.14. The second-order valence-corrected chi connectivity index (χ2v) is 5.39. The maximum absolute atomic E-state index is 12.6. The first-order valence-electron chi connectivity index (χ1n) is 7.39. The van der Waals surface area contributed by atoms with Crippen LogP contribution in [-0.4, -0.2) is 18.5 Å². The van der Waals surface area contributed by atoms with Gasteiger partial charge in [-0.25, -0.2) is 0 Å². The fourth-order valence-corrected chi connectivity index (χ4v) is 2.96. The molecular weight excluding hydrogens is 246 g/mol. The predicted octanol–water partition coefficient (Wildman–Crippen LogP) is 3.74. The minimum Gasteiger partial charge on any atom is -0.298 e. The fraction of sp³-hybridized carbons (Fsp3) is 0.444. The first-order valence-corrected chi connectivity index (χ1v) is 7.39. The molecule has 20 heavy (non-hydrogen) atoms. The van der Waals surface area contributed by atoms with Crippen molar-refractivity contribution in [2.24, 2.45) is 10.9 Å². The van der Waals surface area contributed by atoms with Crippen molar-refractivity contribution in [3.63, 3.8) is 0 Å². The summed E-state index contributed by atoms with van der Waals surface area (Å²) in [5.41, 5.74) is 4.70. The van der Waals surface area contributed by atoms with Crippen LogP contribution in [0.4, 0.5) is 0 Å². The molecule has 1 saturated carbocycles. The third-order valence-electron chi connectivity index (χ3n) is 4.21. The van der Waals surface area contributed by atoms with Gasteiger partial charge < -0.3 is 0 Å². The molecular formula is C18H23NO. The van der Waals surface area contributed by atoms with E-state index in [-0.39, 0.29) is 17.6 Å². The summed E-state index contributed by atoms with van der Waals surface area (Å²) in [5, 5.41) is 0. The number of nitrogens with zero attached hydrogens (tertiary/aromatic N) is 1. The molecule has 2 nitrogen and oxygen atoms in total. The Hall–Kier alpha value is -1.70. The average molecular weight is 269 g/mol. The van der Waals surface area contributed by atoms with Crippen molar-refractivity contribution >= 4 is 11.5 Å². The molecule has 0 heterocycles. The first-order chi connectivity index (χ1) is 9.64. The summed E-state index contributed by atoms with van der Waals surface area (Å²) in [6.45, 7) is 8.08. The van der Waals surface area contributed by atoms with Gasteiger partial charge in [0.15, 0.2) is 5.78 Å². The van der Waals surface area contributed by atoms with Gasteiger partial charge in [-0.05, 0) is 36.0 Å². The minimum atomic E-state index is -0.167. The highest BCUT2D eigenvalue weighted by molar-refractivity contribution is 6.17. The molecule has 0 saturated heterocycles. The Labute approximate surface area is 121 Å². The molecule has 2 rings (SSSR count). The second kappa shape index (κ2) is 6.17. The Morgan fingerprint density at radius 3 is 2.30 bits per heavy atom. The minimum absolute atomic E-state index is 0.0749. The number of Topliss-reactive ketones (excluding diaryl/α,β-unsaturated/α-hetero) is 1. The third-order valence-corrected chi connectivity index (χ3v) is 4.21. The highest BCUT2D eigenvalue weighted by Gasteiger charge is 2.38. The van der Waals surface area contributed by atoms with E-state index in [1.165, 1.54) is 11.1 Å². The van der Waals surface area contributed by atoms with Crippen LogP contribution in [-0.2, 0) is 17.6 Å². The van der Waals surface area contributed by atoms with Gasteiger partial charge in [0.2, 0.25) is 0 Å². The summed E-state index contributed by atoms with van der Waals surface area (Å²) < 4.78 is 0. The molecule has 1 aliphatic carbocycles. The SMILES string of the molecule is C=CC1CC(=NC)C(c2cc(CC)cc(CC)c2)C1=O. The van der Waals surface area contributed by atoms with Crippen LogP contribution < -0.4 is 0 Å². The molecule has 1 aromatic rings. The number of ketones is 1. The maximum atomic E-state index is 12.6. The molecule has 2 atom stereocenters. The quantitative estimate of drug-likeness (QED) is 0.766. The number of allylic oxidation sites excluding steroid dienone is 1. The number of benzene rings is 1. The molecule has 1 aliphatic rings. The summed E-state index contributed by atoms with van der Waals surface area (Å²) in [4.78, 5) is 16.9. The first kappa shape index (κ1) is 14.7. The third kappa shape index (κ3) is 2.60. The molecule has 1 aromatic carbocycles. The molecule has 0 bridgehead atoms. The van der Waals surface area contributed by atoms with Crippen molar-refractivity contribution in [2.75, 3.05) is 7.05 Å². The number of aryl methyl sites for hydroxylation is 2. The summed E-state index contributed by atoms with van der Waals surface area (Å²) in [5.74, 6) is 0.00441. The Balaban J connectivity index is 2.48. The molecule has 0 aromatic heterocycles. The molecule has 106 valence electrons. The summed E-state index contributed by atoms with van der Waals surface area (Å²) in [6, 6.07) is 6.56. The zero-order valence-electron chi connectivity index (χ0n) is 12.6. The van der Waals surface area contributed by atoms with Crippen molar-refractivity contribution in [3.05, 3.63) is 47.5 Å². The average Bonchev–Trinajstić information content (AvgIpc) is 2.82. The van der Waals surface area contributed by atoms with E-state index in [2.05, 4.69) is 43.6 Å². The van der Waals surface area contributed by atoms with Crippen LogP contribution in [0.2, 0.25) is 0 Å². The van der Waals surface area contributed by atoms with Gasteiger partial charge in [0.1, 0.15) is 0 Å². The van der Waals surface area contributed by atoms with Gasteiger partial charge in [-0.3, -0.25) is 9.79 Å². The normalized spacial score (nSPS) is 24.4. The van der Waals surface area contributed by atoms with Crippen LogP contribution in [0.1, 0.15) is 42.9 Å². The predicted molar refractivity (Wildman–Crippen MR) is 84.6 cm³/mol. The van der Waals surface area contributed by atoms with E-state index < -0.39 is 0 Å². The zero-order chi connectivity index (χ0) is 14.7. The van der Waals surface area contributed by atoms with E-state index >= 15 is 0 Å². The Morgan fingerprint density at radius 2 is 1.85 bits per heavy atom. The van der Waals surface area contributed by atoms with Crippen LogP contribution in [0, 0.1) is 5.92 Å². The van der Waals surface area contributed by atoms with Crippen molar-refractivity contribution in [2.45, 2.75) is 39.0 Å². The zero-order valence-corrected chi connectivity index (χ0v) is 12.6. The number of hydrogen-bond acceptors (Lipinski definition) is 2. The largest absolute Gasteiger partial charge is 0.298 e. The van der Waals surface area contributed by atoms with Crippen molar-refractivity contribution < 1.29 is 4.79 Å². The summed E-state index contributed by atoms with van der Waals surface area (Å²) in [7, 11) is 1.78. The number of hydrogen-bond donors (Lipinski definition) is 0. The monoisotopic (exact) mass is 269 g/mol. The van der Waals surface area contributed by atoms with Gasteiger partial charge in [-0.1, -0.05) is 38.1 Å². The molecule has 0 N–H and O–H groups in total. The van der Waals surface area contributed by atoms with Gasteiger partial charge in [-0.2, -0.15) is 0 Å². The van der Waals surface area contributed by atoms with Gasteiger partial charge in [-0.15, -0.1) is 6.58 Å². The summed E-state index contributed by atoms with van der Waals surface area (Å²) in [6.07, 6.45) is 4.47. The van der Waals surface area contributed by atoms with Crippen LogP contribution >= 0.6 is 0 Å². The van der Waals surface area contributed by atoms with Gasteiger partial charge in [0.05, 0.1) is 5.92 Å². The fourth-order valence-electron chi connectivity index (χ4n) is 2.96. The number of carbonyl (C=O) groups is 1. The lowest BCUT2D eigenvalue weighted by Crippen LogP contribution is -2.15. The molecule has 0 radical (unpaired) electrons. The van der Waals surface area contributed by atoms with Crippen LogP contribution in [0.3, 0.4) is 0 Å². The van der Waals surface area contributed by atoms with E-state index in [0.717, 1.165) is 30.5 Å². The van der Waals surface area contributed by atoms with Crippen molar-refractivity contribution in [1.29, 1.82) is 0 Å². The number of carbonyl (C=O) groups excluding carboxylic acids is 1. The number of rotatable bonds is 4. The molecule has 2 heteroatoms. The van der Waals surface area contributed by atoms with Gasteiger partial charge in [0, 0.05) is 18.7 Å². The van der Waals surface area contributed by atoms with Crippen molar-refractivity contribution in [1.82, 2.24) is 0 Å². The van der Waals surface area contributed by atoms with E-state index in [0.29, 0.717) is 0 Å². The van der Waals surface area contributed by atoms with E-state index in [9.17, 15) is 4.79 Å². The lowest BCUT2D eigenvalue weighted by atomic mass is 9.90. The summed E-state index contributed by atoms with van der Waals surface area (Å²) >= 11 is 0.